The van der Waals surface area contributed by atoms with E-state index >= 15 is 0 Å². The van der Waals surface area contributed by atoms with Crippen molar-refractivity contribution in [2.24, 2.45) is 0 Å². The summed E-state index contributed by atoms with van der Waals surface area (Å²) < 4.78 is 27.2. The number of rotatable bonds is 2. The van der Waals surface area contributed by atoms with E-state index in [4.69, 9.17) is 5.73 Å². The monoisotopic (exact) mass is 236 g/mol. The van der Waals surface area contributed by atoms with Gasteiger partial charge in [-0.3, -0.25) is 4.79 Å². The van der Waals surface area contributed by atoms with Gasteiger partial charge in [0.2, 0.25) is 0 Å². The molecule has 88 valence electrons. The zero-order valence-electron chi connectivity index (χ0n) is 8.86. The molecule has 0 spiro atoms. The molecular weight excluding hydrogens is 226 g/mol. The summed E-state index contributed by atoms with van der Waals surface area (Å²) in [7, 11) is 0. The van der Waals surface area contributed by atoms with Crippen LogP contribution in [0, 0.1) is 11.6 Å². The van der Waals surface area contributed by atoms with Crippen LogP contribution in [0.4, 0.5) is 14.5 Å². The minimum Gasteiger partial charge on any atom is -0.398 e. The fourth-order valence-corrected chi connectivity index (χ4v) is 1.57. The molecule has 3 nitrogen and oxygen atoms in total. The van der Waals surface area contributed by atoms with Crippen molar-refractivity contribution in [2.75, 3.05) is 5.73 Å². The average molecular weight is 236 g/mol. The summed E-state index contributed by atoms with van der Waals surface area (Å²) in [6, 6.07) is 5.93. The van der Waals surface area contributed by atoms with E-state index in [0.29, 0.717) is 11.3 Å². The van der Waals surface area contributed by atoms with E-state index in [9.17, 15) is 13.6 Å². The molecule has 0 amide bonds. The highest BCUT2D eigenvalue weighted by atomic mass is 19.1. The second-order valence-corrected chi connectivity index (χ2v) is 3.71. The quantitative estimate of drug-likeness (QED) is 0.863. The Labute approximate surface area is 96.1 Å². The van der Waals surface area contributed by atoms with Gasteiger partial charge in [0.05, 0.1) is 6.54 Å². The normalized spacial score (nSPS) is 10.5. The maximum absolute atomic E-state index is 13.0. The minimum atomic E-state index is -0.669. The first-order valence-electron chi connectivity index (χ1n) is 4.95. The van der Waals surface area contributed by atoms with E-state index in [1.165, 1.54) is 35.0 Å². The first kappa shape index (κ1) is 11.3. The van der Waals surface area contributed by atoms with Crippen LogP contribution < -0.4 is 11.3 Å². The Bertz CT molecular complexity index is 587. The van der Waals surface area contributed by atoms with Crippen molar-refractivity contribution >= 4 is 5.69 Å². The molecule has 0 unspecified atom stereocenters. The number of benzene rings is 1. The van der Waals surface area contributed by atoms with E-state index in [1.807, 2.05) is 0 Å². The van der Waals surface area contributed by atoms with Crippen LogP contribution in [0.5, 0.6) is 0 Å². The van der Waals surface area contributed by atoms with Crippen LogP contribution in [-0.4, -0.2) is 4.57 Å². The van der Waals surface area contributed by atoms with Crippen LogP contribution in [0.1, 0.15) is 5.56 Å². The number of anilines is 1. The second-order valence-electron chi connectivity index (χ2n) is 3.71. The lowest BCUT2D eigenvalue weighted by atomic mass is 10.2. The van der Waals surface area contributed by atoms with Crippen molar-refractivity contribution in [1.82, 2.24) is 4.57 Å². The highest BCUT2D eigenvalue weighted by molar-refractivity contribution is 5.33. The summed E-state index contributed by atoms with van der Waals surface area (Å²) in [5, 5.41) is 0. The first-order valence-corrected chi connectivity index (χ1v) is 4.95. The van der Waals surface area contributed by atoms with E-state index in [-0.39, 0.29) is 12.1 Å². The molecule has 5 heteroatoms. The number of nitrogen functional groups attached to an aromatic ring is 1. The Hall–Kier alpha value is -2.17. The predicted octanol–water partition coefficient (Wildman–Crippen LogP) is 1.76. The van der Waals surface area contributed by atoms with Gasteiger partial charge in [0.25, 0.3) is 5.56 Å². The number of nitrogens with zero attached hydrogens (tertiary/aromatic N) is 1. The zero-order chi connectivity index (χ0) is 12.4. The van der Waals surface area contributed by atoms with Crippen LogP contribution >= 0.6 is 0 Å². The third-order valence-electron chi connectivity index (χ3n) is 2.28. The number of nitrogens with two attached hydrogens (primary N) is 1. The summed E-state index contributed by atoms with van der Waals surface area (Å²) in [6.45, 7) is 0.0819. The van der Waals surface area contributed by atoms with E-state index in [1.54, 1.807) is 0 Å². The van der Waals surface area contributed by atoms with Gasteiger partial charge < -0.3 is 10.3 Å². The molecule has 0 bridgehead atoms. The lowest BCUT2D eigenvalue weighted by Gasteiger charge is -2.06. The van der Waals surface area contributed by atoms with Crippen molar-refractivity contribution in [2.45, 2.75) is 6.54 Å². The smallest absolute Gasteiger partial charge is 0.250 e. The molecule has 0 aliphatic heterocycles. The third kappa shape index (κ3) is 2.69. The van der Waals surface area contributed by atoms with Gasteiger partial charge in [0.1, 0.15) is 11.6 Å². The first-order chi connectivity index (χ1) is 8.04. The molecular formula is C12H10F2N2O. The Morgan fingerprint density at radius 2 is 1.76 bits per heavy atom. The van der Waals surface area contributed by atoms with Crippen LogP contribution in [0.3, 0.4) is 0 Å². The van der Waals surface area contributed by atoms with Gasteiger partial charge in [-0.05, 0) is 23.8 Å². The van der Waals surface area contributed by atoms with Crippen molar-refractivity contribution < 1.29 is 8.78 Å². The average Bonchev–Trinajstić information content (AvgIpc) is 2.22. The lowest BCUT2D eigenvalue weighted by molar-refractivity contribution is 0.577. The van der Waals surface area contributed by atoms with Gasteiger partial charge in [0, 0.05) is 24.0 Å². The van der Waals surface area contributed by atoms with Crippen molar-refractivity contribution in [1.29, 1.82) is 0 Å². The molecule has 1 aromatic carbocycles. The van der Waals surface area contributed by atoms with Gasteiger partial charge in [0.15, 0.2) is 0 Å². The number of hydrogen-bond acceptors (Lipinski definition) is 2. The van der Waals surface area contributed by atoms with Crippen molar-refractivity contribution in [3.05, 3.63) is 64.1 Å². The second kappa shape index (κ2) is 4.37. The fraction of sp³-hybridized carbons (Fsp3) is 0.0833. The highest BCUT2D eigenvalue weighted by Gasteiger charge is 2.03. The molecule has 2 aromatic rings. The predicted molar refractivity (Wildman–Crippen MR) is 60.6 cm³/mol. The lowest BCUT2D eigenvalue weighted by Crippen LogP contribution is -2.19. The molecule has 0 saturated heterocycles. The van der Waals surface area contributed by atoms with Crippen LogP contribution in [0.15, 0.2) is 41.3 Å². The third-order valence-corrected chi connectivity index (χ3v) is 2.28. The van der Waals surface area contributed by atoms with Gasteiger partial charge in [-0.2, -0.15) is 0 Å². The van der Waals surface area contributed by atoms with E-state index < -0.39 is 11.6 Å². The number of halogens is 2. The summed E-state index contributed by atoms with van der Waals surface area (Å²) in [5.74, 6) is -1.34. The Balaban J connectivity index is 2.37. The number of pyridine rings is 1. The van der Waals surface area contributed by atoms with Crippen LogP contribution in [0.25, 0.3) is 0 Å². The zero-order valence-corrected chi connectivity index (χ0v) is 8.86. The molecule has 0 atom stereocenters. The summed E-state index contributed by atoms with van der Waals surface area (Å²) in [5.41, 5.74) is 6.05. The Morgan fingerprint density at radius 3 is 2.41 bits per heavy atom. The maximum atomic E-state index is 13.0. The molecule has 0 fully saturated rings. The molecule has 2 rings (SSSR count). The number of aromatic nitrogens is 1. The Morgan fingerprint density at radius 1 is 1.12 bits per heavy atom. The molecule has 0 saturated carbocycles. The topological polar surface area (TPSA) is 48.0 Å². The SMILES string of the molecule is Nc1ccc(=O)n(Cc2cc(F)cc(F)c2)c1. The number of hydrogen-bond donors (Lipinski definition) is 1. The summed E-state index contributed by atoms with van der Waals surface area (Å²) >= 11 is 0. The molecule has 17 heavy (non-hydrogen) atoms. The minimum absolute atomic E-state index is 0.0819. The maximum Gasteiger partial charge on any atom is 0.250 e. The summed E-state index contributed by atoms with van der Waals surface area (Å²) in [4.78, 5) is 11.5. The standard InChI is InChI=1S/C12H10F2N2O/c13-9-3-8(4-10(14)5-9)6-16-7-11(15)1-2-12(16)17/h1-5,7H,6,15H2. The van der Waals surface area contributed by atoms with Crippen LogP contribution in [0.2, 0.25) is 0 Å². The highest BCUT2D eigenvalue weighted by Crippen LogP contribution is 2.09. The molecule has 0 aliphatic rings. The molecule has 1 aromatic heterocycles. The molecule has 0 radical (unpaired) electrons. The van der Waals surface area contributed by atoms with Gasteiger partial charge in [-0.25, -0.2) is 8.78 Å². The molecule has 1 heterocycles. The summed E-state index contributed by atoms with van der Waals surface area (Å²) in [6.07, 6.45) is 1.44. The van der Waals surface area contributed by atoms with Gasteiger partial charge >= 0.3 is 0 Å². The largest absolute Gasteiger partial charge is 0.398 e. The van der Waals surface area contributed by atoms with Gasteiger partial charge in [-0.15, -0.1) is 0 Å². The molecule has 0 aliphatic carbocycles. The van der Waals surface area contributed by atoms with E-state index in [2.05, 4.69) is 0 Å². The molecule has 2 N–H and O–H groups in total. The van der Waals surface area contributed by atoms with Crippen molar-refractivity contribution in [3.8, 4) is 0 Å². The Kier molecular flexibility index (Phi) is 2.91. The fourth-order valence-electron chi connectivity index (χ4n) is 1.57. The van der Waals surface area contributed by atoms with Gasteiger partial charge in [-0.1, -0.05) is 0 Å². The van der Waals surface area contributed by atoms with Crippen molar-refractivity contribution in [3.63, 3.8) is 0 Å². The van der Waals surface area contributed by atoms with E-state index in [0.717, 1.165) is 6.07 Å². The van der Waals surface area contributed by atoms with Crippen LogP contribution in [-0.2, 0) is 6.54 Å².